The zero-order valence-electron chi connectivity index (χ0n) is 10.6. The maximum atomic E-state index is 8.54. The molecular formula is C12H15N5S2. The van der Waals surface area contributed by atoms with Crippen LogP contribution in [0.4, 0.5) is 0 Å². The number of aliphatic imine (C=N–C) groups is 1. The summed E-state index contributed by atoms with van der Waals surface area (Å²) in [5.74, 6) is 4.60. The summed E-state index contributed by atoms with van der Waals surface area (Å²) in [5, 5.41) is 17.0. The Morgan fingerprint density at radius 3 is 3.16 bits per heavy atom. The number of guanidine groups is 1. The fourth-order valence-corrected chi connectivity index (χ4v) is 2.64. The van der Waals surface area contributed by atoms with Gasteiger partial charge in [-0.1, -0.05) is 5.92 Å². The van der Waals surface area contributed by atoms with Crippen LogP contribution in [-0.2, 0) is 5.75 Å². The zero-order valence-corrected chi connectivity index (χ0v) is 12.3. The van der Waals surface area contributed by atoms with Crippen molar-refractivity contribution in [1.29, 1.82) is 5.26 Å². The molecule has 1 rings (SSSR count). The third-order valence-electron chi connectivity index (χ3n) is 1.95. The molecule has 100 valence electrons. The Morgan fingerprint density at radius 2 is 2.53 bits per heavy atom. The molecule has 1 heterocycles. The third kappa shape index (κ3) is 6.70. The van der Waals surface area contributed by atoms with Gasteiger partial charge in [-0.15, -0.1) is 17.8 Å². The van der Waals surface area contributed by atoms with Crippen molar-refractivity contribution >= 4 is 29.1 Å². The highest BCUT2D eigenvalue weighted by Crippen LogP contribution is 2.14. The van der Waals surface area contributed by atoms with E-state index in [0.717, 1.165) is 22.2 Å². The highest BCUT2D eigenvalue weighted by atomic mass is 32.2. The van der Waals surface area contributed by atoms with Crippen molar-refractivity contribution in [3.63, 3.8) is 0 Å². The lowest BCUT2D eigenvalue weighted by Crippen LogP contribution is -2.34. The first-order valence-corrected chi connectivity index (χ1v) is 7.65. The van der Waals surface area contributed by atoms with Crippen LogP contribution < -0.4 is 10.6 Å². The summed E-state index contributed by atoms with van der Waals surface area (Å²) < 4.78 is 0. The van der Waals surface area contributed by atoms with Gasteiger partial charge in [0.2, 0.25) is 5.96 Å². The molecule has 2 N–H and O–H groups in total. The van der Waals surface area contributed by atoms with E-state index in [-0.39, 0.29) is 0 Å². The molecule has 0 radical (unpaired) electrons. The summed E-state index contributed by atoms with van der Waals surface area (Å²) in [7, 11) is 0. The Kier molecular flexibility index (Phi) is 7.48. The van der Waals surface area contributed by atoms with Crippen molar-refractivity contribution in [2.75, 3.05) is 18.8 Å². The third-order valence-corrected chi connectivity index (χ3v) is 3.75. The number of aryl methyl sites for hydroxylation is 1. The molecule has 0 spiro atoms. The van der Waals surface area contributed by atoms with Gasteiger partial charge in [-0.2, -0.15) is 17.0 Å². The first-order chi connectivity index (χ1) is 9.26. The second-order valence-corrected chi connectivity index (χ2v) is 5.60. The fraction of sp³-hybridized carbons (Fsp3) is 0.417. The molecule has 19 heavy (non-hydrogen) atoms. The zero-order chi connectivity index (χ0) is 13.9. The Bertz CT molecular complexity index is 495. The molecule has 1 aromatic heterocycles. The molecule has 0 amide bonds. The monoisotopic (exact) mass is 293 g/mol. The fourth-order valence-electron chi connectivity index (χ4n) is 1.20. The van der Waals surface area contributed by atoms with Crippen LogP contribution in [0, 0.1) is 30.7 Å². The van der Waals surface area contributed by atoms with Crippen LogP contribution in [-0.4, -0.2) is 29.8 Å². The number of aromatic nitrogens is 1. The average molecular weight is 293 g/mol. The lowest BCUT2D eigenvalue weighted by atomic mass is 10.6. The Hall–Kier alpha value is -1.70. The lowest BCUT2D eigenvalue weighted by Gasteiger charge is -2.04. The van der Waals surface area contributed by atoms with Crippen molar-refractivity contribution in [3.05, 3.63) is 16.1 Å². The Morgan fingerprint density at radius 1 is 1.68 bits per heavy atom. The number of terminal acetylenes is 1. The number of nitriles is 1. The molecule has 5 nitrogen and oxygen atoms in total. The lowest BCUT2D eigenvalue weighted by molar-refractivity contribution is 0.967. The van der Waals surface area contributed by atoms with Gasteiger partial charge in [-0.25, -0.2) is 4.98 Å². The number of rotatable bonds is 6. The molecule has 0 aliphatic carbocycles. The second-order valence-electron chi connectivity index (χ2n) is 3.44. The highest BCUT2D eigenvalue weighted by molar-refractivity contribution is 7.98. The van der Waals surface area contributed by atoms with E-state index < -0.39 is 0 Å². The van der Waals surface area contributed by atoms with E-state index in [9.17, 15) is 0 Å². The van der Waals surface area contributed by atoms with E-state index in [1.54, 1.807) is 23.1 Å². The largest absolute Gasteiger partial charge is 0.345 e. The summed E-state index contributed by atoms with van der Waals surface area (Å²) in [5.41, 5.74) is 1.11. The van der Waals surface area contributed by atoms with Crippen molar-refractivity contribution in [3.8, 4) is 18.5 Å². The Balaban J connectivity index is 2.23. The molecular weight excluding hydrogens is 278 g/mol. The topological polar surface area (TPSA) is 73.1 Å². The molecule has 1 aromatic rings. The molecule has 0 aromatic carbocycles. The minimum Gasteiger partial charge on any atom is -0.345 e. The predicted molar refractivity (Wildman–Crippen MR) is 80.9 cm³/mol. The van der Waals surface area contributed by atoms with Crippen LogP contribution in [0.1, 0.15) is 10.7 Å². The smallest absolute Gasteiger partial charge is 0.205 e. The van der Waals surface area contributed by atoms with Crippen LogP contribution in [0.2, 0.25) is 0 Å². The maximum Gasteiger partial charge on any atom is 0.205 e. The Labute approximate surface area is 121 Å². The molecule has 0 aliphatic rings. The predicted octanol–water partition coefficient (Wildman–Crippen LogP) is 1.33. The number of thiazole rings is 1. The van der Waals surface area contributed by atoms with Gasteiger partial charge in [0.15, 0.2) is 6.19 Å². The van der Waals surface area contributed by atoms with Gasteiger partial charge in [0, 0.05) is 16.9 Å². The van der Waals surface area contributed by atoms with Gasteiger partial charge in [0.1, 0.15) is 0 Å². The molecule has 0 saturated heterocycles. The standard InChI is InChI=1S/C12H15N5S2/c1-3-4-14-12(16-9-13)15-5-6-18-7-11-8-19-10(2)17-11/h1,8H,4-7H2,2H3,(H2,14,15,16). The SMILES string of the molecule is C#CCNC(=NCCSCc1csc(C)n1)NC#N. The van der Waals surface area contributed by atoms with Gasteiger partial charge in [0.25, 0.3) is 0 Å². The first-order valence-electron chi connectivity index (χ1n) is 5.62. The van der Waals surface area contributed by atoms with Crippen LogP contribution in [0.15, 0.2) is 10.4 Å². The van der Waals surface area contributed by atoms with Crippen LogP contribution >= 0.6 is 23.1 Å². The first kappa shape index (κ1) is 15.4. The minimum atomic E-state index is 0.346. The molecule has 0 aliphatic heterocycles. The average Bonchev–Trinajstić information content (AvgIpc) is 2.81. The summed E-state index contributed by atoms with van der Waals surface area (Å²) in [4.78, 5) is 8.61. The van der Waals surface area contributed by atoms with E-state index in [1.165, 1.54) is 0 Å². The van der Waals surface area contributed by atoms with E-state index in [4.69, 9.17) is 11.7 Å². The minimum absolute atomic E-state index is 0.346. The van der Waals surface area contributed by atoms with Crippen molar-refractivity contribution < 1.29 is 0 Å². The number of thioether (sulfide) groups is 1. The molecule has 0 atom stereocenters. The van der Waals surface area contributed by atoms with Gasteiger partial charge in [0.05, 0.1) is 23.8 Å². The molecule has 7 heteroatoms. The van der Waals surface area contributed by atoms with E-state index in [0.29, 0.717) is 19.0 Å². The van der Waals surface area contributed by atoms with Crippen LogP contribution in [0.3, 0.4) is 0 Å². The van der Waals surface area contributed by atoms with Gasteiger partial charge >= 0.3 is 0 Å². The summed E-state index contributed by atoms with van der Waals surface area (Å²) in [6, 6.07) is 0. The molecule has 0 bridgehead atoms. The second kappa shape index (κ2) is 9.26. The number of nitrogens with zero attached hydrogens (tertiary/aromatic N) is 3. The van der Waals surface area contributed by atoms with Crippen LogP contribution in [0.5, 0.6) is 0 Å². The normalized spacial score (nSPS) is 10.6. The highest BCUT2D eigenvalue weighted by Gasteiger charge is 1.99. The molecule has 0 unspecified atom stereocenters. The summed E-state index contributed by atoms with van der Waals surface area (Å²) >= 11 is 3.42. The summed E-state index contributed by atoms with van der Waals surface area (Å²) in [6.07, 6.45) is 6.95. The van der Waals surface area contributed by atoms with Gasteiger partial charge in [-0.05, 0) is 6.92 Å². The number of nitrogens with one attached hydrogen (secondary N) is 2. The molecule has 0 saturated carbocycles. The van der Waals surface area contributed by atoms with E-state index in [2.05, 4.69) is 31.9 Å². The maximum absolute atomic E-state index is 8.54. The summed E-state index contributed by atoms with van der Waals surface area (Å²) in [6.45, 7) is 2.97. The molecule has 0 fully saturated rings. The van der Waals surface area contributed by atoms with Crippen molar-refractivity contribution in [1.82, 2.24) is 15.6 Å². The van der Waals surface area contributed by atoms with Crippen molar-refractivity contribution in [2.24, 2.45) is 4.99 Å². The van der Waals surface area contributed by atoms with Crippen molar-refractivity contribution in [2.45, 2.75) is 12.7 Å². The van der Waals surface area contributed by atoms with Crippen LogP contribution in [0.25, 0.3) is 0 Å². The van der Waals surface area contributed by atoms with E-state index >= 15 is 0 Å². The number of hydrogen-bond acceptors (Lipinski definition) is 5. The van der Waals surface area contributed by atoms with Gasteiger partial charge < -0.3 is 5.32 Å². The number of hydrogen-bond donors (Lipinski definition) is 2. The van der Waals surface area contributed by atoms with Gasteiger partial charge in [-0.3, -0.25) is 10.3 Å². The quantitative estimate of drug-likeness (QED) is 0.207. The van der Waals surface area contributed by atoms with E-state index in [1.807, 2.05) is 13.1 Å².